The minimum absolute atomic E-state index is 0. The highest BCUT2D eigenvalue weighted by molar-refractivity contribution is 7.17. The number of aromatic amines is 1. The molecule has 30 heavy (non-hydrogen) atoms. The summed E-state index contributed by atoms with van der Waals surface area (Å²) >= 11 is 1.48. The average Bonchev–Trinajstić information content (AvgIpc) is 3.31. The lowest BCUT2D eigenvalue weighted by atomic mass is 9.79. The minimum atomic E-state index is 0. The highest BCUT2D eigenvalue weighted by atomic mass is 35.5. The van der Waals surface area contributed by atoms with Gasteiger partial charge >= 0.3 is 5.19 Å². The molecule has 3 aromatic rings. The fourth-order valence-corrected chi connectivity index (χ4v) is 5.06. The molecule has 4 rings (SSSR count). The number of hydrogen-bond acceptors (Lipinski definition) is 7. The van der Waals surface area contributed by atoms with Crippen LogP contribution >= 0.6 is 23.7 Å². The highest BCUT2D eigenvalue weighted by Crippen LogP contribution is 2.36. The first-order valence-corrected chi connectivity index (χ1v) is 10.7. The van der Waals surface area contributed by atoms with Crippen LogP contribution in [0, 0.1) is 0 Å². The van der Waals surface area contributed by atoms with E-state index in [-0.39, 0.29) is 23.5 Å². The van der Waals surface area contributed by atoms with Gasteiger partial charge in [0.2, 0.25) is 5.13 Å². The first kappa shape index (κ1) is 22.5. The lowest BCUT2D eigenvalue weighted by Gasteiger charge is -2.48. The SMILES string of the molecule is CN(c1nnc(Oc2ccc(-c3cn[nH]c3)cc2)s1)C1CC(C)(C)NC(C)(C)C1.Cl. The molecule has 0 spiro atoms. The van der Waals surface area contributed by atoms with E-state index in [9.17, 15) is 0 Å². The maximum Gasteiger partial charge on any atom is 0.301 e. The Labute approximate surface area is 187 Å². The number of halogens is 1. The quantitative estimate of drug-likeness (QED) is 0.578. The molecule has 7 nitrogen and oxygen atoms in total. The van der Waals surface area contributed by atoms with Crippen LogP contribution in [0.3, 0.4) is 0 Å². The van der Waals surface area contributed by atoms with Crippen LogP contribution in [-0.2, 0) is 0 Å². The van der Waals surface area contributed by atoms with Crippen molar-refractivity contribution in [2.75, 3.05) is 11.9 Å². The van der Waals surface area contributed by atoms with Crippen molar-refractivity contribution in [3.05, 3.63) is 36.7 Å². The molecule has 1 aliphatic heterocycles. The molecule has 162 valence electrons. The summed E-state index contributed by atoms with van der Waals surface area (Å²) in [4.78, 5) is 2.25. The van der Waals surface area contributed by atoms with E-state index in [1.807, 2.05) is 30.5 Å². The summed E-state index contributed by atoms with van der Waals surface area (Å²) in [6.45, 7) is 9.04. The van der Waals surface area contributed by atoms with Crippen molar-refractivity contribution in [1.82, 2.24) is 25.7 Å². The zero-order valence-corrected chi connectivity index (χ0v) is 19.6. The molecule has 1 aromatic carbocycles. The molecule has 1 aliphatic rings. The van der Waals surface area contributed by atoms with Gasteiger partial charge in [0.15, 0.2) is 0 Å². The molecule has 0 atom stereocenters. The Balaban J connectivity index is 0.00000256. The Bertz CT molecular complexity index is 938. The predicted octanol–water partition coefficient (Wildman–Crippen LogP) is 4.89. The number of nitrogens with zero attached hydrogens (tertiary/aromatic N) is 4. The van der Waals surface area contributed by atoms with E-state index in [4.69, 9.17) is 4.74 Å². The third-order valence-corrected chi connectivity index (χ3v) is 6.20. The summed E-state index contributed by atoms with van der Waals surface area (Å²) in [5.74, 6) is 0.742. The largest absolute Gasteiger partial charge is 0.430 e. The van der Waals surface area contributed by atoms with Crippen molar-refractivity contribution in [3.63, 3.8) is 0 Å². The van der Waals surface area contributed by atoms with Crippen LogP contribution in [0.25, 0.3) is 11.1 Å². The Kier molecular flexibility index (Phi) is 6.40. The van der Waals surface area contributed by atoms with E-state index in [0.717, 1.165) is 34.8 Å². The Morgan fingerprint density at radius 1 is 1.03 bits per heavy atom. The van der Waals surface area contributed by atoms with Crippen molar-refractivity contribution in [2.24, 2.45) is 0 Å². The molecule has 9 heteroatoms. The van der Waals surface area contributed by atoms with Crippen molar-refractivity contribution in [2.45, 2.75) is 57.7 Å². The van der Waals surface area contributed by atoms with Crippen LogP contribution in [0.4, 0.5) is 5.13 Å². The summed E-state index contributed by atoms with van der Waals surface area (Å²) in [5, 5.41) is 20.6. The molecule has 3 heterocycles. The zero-order chi connectivity index (χ0) is 20.6. The topological polar surface area (TPSA) is 79.0 Å². The molecule has 0 bridgehead atoms. The number of rotatable bonds is 5. The van der Waals surface area contributed by atoms with Gasteiger partial charge < -0.3 is 15.0 Å². The molecular formula is C21H29ClN6OS. The summed E-state index contributed by atoms with van der Waals surface area (Å²) in [7, 11) is 2.10. The highest BCUT2D eigenvalue weighted by Gasteiger charge is 2.39. The van der Waals surface area contributed by atoms with E-state index in [2.05, 4.69) is 65.4 Å². The van der Waals surface area contributed by atoms with Crippen LogP contribution in [0.15, 0.2) is 36.7 Å². The Morgan fingerprint density at radius 3 is 2.30 bits per heavy atom. The van der Waals surface area contributed by atoms with Gasteiger partial charge in [-0.1, -0.05) is 17.2 Å². The summed E-state index contributed by atoms with van der Waals surface area (Å²) in [6.07, 6.45) is 5.77. The Hall–Kier alpha value is -2.16. The number of hydrogen-bond donors (Lipinski definition) is 2. The molecule has 2 N–H and O–H groups in total. The third-order valence-electron chi connectivity index (χ3n) is 5.30. The van der Waals surface area contributed by atoms with Crippen LogP contribution in [0.2, 0.25) is 0 Å². The first-order chi connectivity index (χ1) is 13.7. The van der Waals surface area contributed by atoms with Crippen LogP contribution < -0.4 is 15.0 Å². The summed E-state index contributed by atoms with van der Waals surface area (Å²) < 4.78 is 5.93. The number of H-pyrrole nitrogens is 1. The van der Waals surface area contributed by atoms with Crippen LogP contribution in [-0.4, -0.2) is 44.6 Å². The molecule has 1 saturated heterocycles. The third kappa shape index (κ3) is 5.11. The fraction of sp³-hybridized carbons (Fsp3) is 0.476. The number of aromatic nitrogens is 4. The van der Waals surface area contributed by atoms with E-state index >= 15 is 0 Å². The number of benzene rings is 1. The second-order valence-corrected chi connectivity index (χ2v) is 9.95. The number of anilines is 1. The number of nitrogens with one attached hydrogen (secondary N) is 2. The molecule has 0 amide bonds. The predicted molar refractivity (Wildman–Crippen MR) is 124 cm³/mol. The van der Waals surface area contributed by atoms with E-state index < -0.39 is 0 Å². The first-order valence-electron chi connectivity index (χ1n) is 9.84. The van der Waals surface area contributed by atoms with Crippen LogP contribution in [0.1, 0.15) is 40.5 Å². The molecule has 0 aliphatic carbocycles. The lowest BCUT2D eigenvalue weighted by molar-refractivity contribution is 0.161. The van der Waals surface area contributed by atoms with Gasteiger partial charge in [0.1, 0.15) is 5.75 Å². The maximum atomic E-state index is 5.93. The van der Waals surface area contributed by atoms with E-state index in [1.54, 1.807) is 6.20 Å². The normalized spacial score (nSPS) is 17.9. The molecule has 1 fully saturated rings. The minimum Gasteiger partial charge on any atom is -0.430 e. The number of piperidine rings is 1. The maximum absolute atomic E-state index is 5.93. The standard InChI is InChI=1S/C21H28N6OS.ClH/c1-20(2)10-16(11-21(3,4)26-20)27(5)18-24-25-19(29-18)28-17-8-6-14(7-9-17)15-12-22-23-13-15;/h6-9,12-13,16,26H,10-11H2,1-5H3,(H,22,23);1H. The van der Waals surface area contributed by atoms with Crippen molar-refractivity contribution < 1.29 is 4.74 Å². The monoisotopic (exact) mass is 448 g/mol. The second-order valence-electron chi connectivity index (χ2n) is 9.03. The Morgan fingerprint density at radius 2 is 1.70 bits per heavy atom. The fourth-order valence-electron chi connectivity index (χ4n) is 4.31. The molecular weight excluding hydrogens is 420 g/mol. The van der Waals surface area contributed by atoms with Gasteiger partial charge in [0.25, 0.3) is 0 Å². The van der Waals surface area contributed by atoms with Crippen LogP contribution in [0.5, 0.6) is 10.9 Å². The average molecular weight is 449 g/mol. The number of ether oxygens (including phenoxy) is 1. The van der Waals surface area contributed by atoms with Gasteiger partial charge in [-0.15, -0.1) is 17.5 Å². The van der Waals surface area contributed by atoms with Gasteiger partial charge in [-0.05, 0) is 69.6 Å². The smallest absolute Gasteiger partial charge is 0.301 e. The molecule has 0 saturated carbocycles. The van der Waals surface area contributed by atoms with Gasteiger partial charge in [-0.3, -0.25) is 5.10 Å². The summed E-state index contributed by atoms with van der Waals surface area (Å²) in [5.41, 5.74) is 2.30. The molecule has 0 unspecified atom stereocenters. The second kappa shape index (κ2) is 8.53. The molecule has 2 aromatic heterocycles. The molecule has 0 radical (unpaired) electrons. The van der Waals surface area contributed by atoms with E-state index in [1.165, 1.54) is 11.3 Å². The van der Waals surface area contributed by atoms with Crippen molar-refractivity contribution in [3.8, 4) is 22.1 Å². The van der Waals surface area contributed by atoms with Gasteiger partial charge in [-0.2, -0.15) is 5.10 Å². The van der Waals surface area contributed by atoms with Gasteiger partial charge in [-0.25, -0.2) is 0 Å². The summed E-state index contributed by atoms with van der Waals surface area (Å²) in [6, 6.07) is 8.29. The van der Waals surface area contributed by atoms with E-state index in [0.29, 0.717) is 11.2 Å². The van der Waals surface area contributed by atoms with Gasteiger partial charge in [0.05, 0.1) is 6.20 Å². The van der Waals surface area contributed by atoms with Crippen molar-refractivity contribution in [1.29, 1.82) is 0 Å². The lowest BCUT2D eigenvalue weighted by Crippen LogP contribution is -2.61. The van der Waals surface area contributed by atoms with Crippen molar-refractivity contribution >= 4 is 28.9 Å². The zero-order valence-electron chi connectivity index (χ0n) is 18.0. The van der Waals surface area contributed by atoms with Gasteiger partial charge in [0, 0.05) is 35.9 Å².